The van der Waals surface area contributed by atoms with E-state index >= 15 is 0 Å². The van der Waals surface area contributed by atoms with Crippen LogP contribution in [0.4, 0.5) is 8.78 Å². The smallest absolute Gasteiger partial charge is 0.206 e. The molecule has 0 spiro atoms. The third kappa shape index (κ3) is 1.25. The lowest BCUT2D eigenvalue weighted by atomic mass is 9.90. The van der Waals surface area contributed by atoms with Crippen molar-refractivity contribution in [2.75, 3.05) is 0 Å². The van der Waals surface area contributed by atoms with Crippen molar-refractivity contribution in [3.05, 3.63) is 35.9 Å². The molecule has 2 heteroatoms. The first-order valence-electron chi connectivity index (χ1n) is 4.50. The lowest BCUT2D eigenvalue weighted by Crippen LogP contribution is -2.29. The summed E-state index contributed by atoms with van der Waals surface area (Å²) in [6, 6.07) is 9.09. The molecule has 0 saturated heterocycles. The summed E-state index contributed by atoms with van der Waals surface area (Å²) in [4.78, 5) is 0. The molecule has 0 unspecified atom stereocenters. The standard InChI is InChI=1S/C11H12F2/c1-10(12,13)11(7-8-11)9-5-3-2-4-6-9/h2-6H,7-8H2,1H3. The molecule has 1 aliphatic rings. The molecule has 1 aromatic carbocycles. The molecular formula is C11H12F2. The molecule has 1 aromatic rings. The fourth-order valence-electron chi connectivity index (χ4n) is 1.86. The third-order valence-electron chi connectivity index (χ3n) is 2.92. The van der Waals surface area contributed by atoms with Gasteiger partial charge in [-0.2, -0.15) is 0 Å². The summed E-state index contributed by atoms with van der Waals surface area (Å²) in [5.74, 6) is -2.59. The molecule has 0 aliphatic heterocycles. The van der Waals surface area contributed by atoms with Crippen LogP contribution in [0, 0.1) is 0 Å². The van der Waals surface area contributed by atoms with Gasteiger partial charge in [-0.3, -0.25) is 0 Å². The first-order chi connectivity index (χ1) is 6.06. The largest absolute Gasteiger partial charge is 0.254 e. The van der Waals surface area contributed by atoms with Crippen LogP contribution in [0.15, 0.2) is 30.3 Å². The van der Waals surface area contributed by atoms with E-state index in [1.165, 1.54) is 0 Å². The normalized spacial score (nSPS) is 19.9. The van der Waals surface area contributed by atoms with E-state index < -0.39 is 11.3 Å². The van der Waals surface area contributed by atoms with E-state index in [9.17, 15) is 8.78 Å². The maximum absolute atomic E-state index is 13.2. The maximum atomic E-state index is 13.2. The number of hydrogen-bond acceptors (Lipinski definition) is 0. The van der Waals surface area contributed by atoms with Gasteiger partial charge < -0.3 is 0 Å². The van der Waals surface area contributed by atoms with E-state index in [1.54, 1.807) is 12.1 Å². The highest BCUT2D eigenvalue weighted by Crippen LogP contribution is 2.57. The zero-order valence-electron chi connectivity index (χ0n) is 7.56. The fourth-order valence-corrected chi connectivity index (χ4v) is 1.86. The van der Waals surface area contributed by atoms with E-state index in [0.29, 0.717) is 12.8 Å². The van der Waals surface area contributed by atoms with Gasteiger partial charge in [-0.05, 0) is 18.4 Å². The molecule has 1 saturated carbocycles. The molecule has 0 aromatic heterocycles. The van der Waals surface area contributed by atoms with E-state index in [4.69, 9.17) is 0 Å². The number of rotatable bonds is 2. The maximum Gasteiger partial charge on any atom is 0.254 e. The van der Waals surface area contributed by atoms with Gasteiger partial charge in [-0.1, -0.05) is 30.3 Å². The third-order valence-corrected chi connectivity index (χ3v) is 2.92. The van der Waals surface area contributed by atoms with Crippen LogP contribution >= 0.6 is 0 Å². The highest BCUT2D eigenvalue weighted by molar-refractivity contribution is 5.34. The number of benzene rings is 1. The topological polar surface area (TPSA) is 0 Å². The van der Waals surface area contributed by atoms with Crippen LogP contribution in [-0.4, -0.2) is 5.92 Å². The van der Waals surface area contributed by atoms with Crippen LogP contribution in [0.5, 0.6) is 0 Å². The molecule has 2 rings (SSSR count). The van der Waals surface area contributed by atoms with Crippen LogP contribution in [0.1, 0.15) is 25.3 Å². The van der Waals surface area contributed by atoms with Crippen molar-refractivity contribution in [3.8, 4) is 0 Å². The first-order valence-corrected chi connectivity index (χ1v) is 4.50. The van der Waals surface area contributed by atoms with Gasteiger partial charge in [0.05, 0.1) is 5.41 Å². The monoisotopic (exact) mass is 182 g/mol. The van der Waals surface area contributed by atoms with Crippen LogP contribution in [0.2, 0.25) is 0 Å². The Balaban J connectivity index is 2.37. The zero-order chi connectivity index (χ0) is 9.53. The summed E-state index contributed by atoms with van der Waals surface area (Å²) in [6.45, 7) is 1.02. The van der Waals surface area contributed by atoms with Crippen molar-refractivity contribution in [2.24, 2.45) is 0 Å². The minimum atomic E-state index is -2.59. The van der Waals surface area contributed by atoms with Gasteiger partial charge in [-0.15, -0.1) is 0 Å². The van der Waals surface area contributed by atoms with Gasteiger partial charge in [0.25, 0.3) is 5.92 Å². The van der Waals surface area contributed by atoms with Crippen LogP contribution in [-0.2, 0) is 5.41 Å². The summed E-state index contributed by atoms with van der Waals surface area (Å²) in [5, 5.41) is 0. The quantitative estimate of drug-likeness (QED) is 0.657. The van der Waals surface area contributed by atoms with Gasteiger partial charge >= 0.3 is 0 Å². The Hall–Kier alpha value is -0.920. The summed E-state index contributed by atoms with van der Waals surface area (Å²) in [5.41, 5.74) is -0.0728. The van der Waals surface area contributed by atoms with E-state index in [1.807, 2.05) is 18.2 Å². The molecule has 0 heterocycles. The van der Waals surface area contributed by atoms with Crippen LogP contribution in [0.25, 0.3) is 0 Å². The Labute approximate surface area is 76.6 Å². The van der Waals surface area contributed by atoms with Crippen LogP contribution < -0.4 is 0 Å². The number of halogens is 2. The van der Waals surface area contributed by atoms with Crippen molar-refractivity contribution < 1.29 is 8.78 Å². The highest BCUT2D eigenvalue weighted by Gasteiger charge is 2.59. The van der Waals surface area contributed by atoms with E-state index in [-0.39, 0.29) is 0 Å². The second-order valence-corrected chi connectivity index (χ2v) is 3.84. The molecule has 0 N–H and O–H groups in total. The summed E-state index contributed by atoms with van der Waals surface area (Å²) < 4.78 is 26.5. The van der Waals surface area contributed by atoms with Crippen molar-refractivity contribution >= 4 is 0 Å². The first kappa shape index (κ1) is 8.67. The number of hydrogen-bond donors (Lipinski definition) is 0. The van der Waals surface area contributed by atoms with E-state index in [2.05, 4.69) is 0 Å². The minimum Gasteiger partial charge on any atom is -0.206 e. The molecule has 0 radical (unpaired) electrons. The Morgan fingerprint density at radius 2 is 1.69 bits per heavy atom. The fraction of sp³-hybridized carbons (Fsp3) is 0.455. The van der Waals surface area contributed by atoms with Crippen molar-refractivity contribution in [1.82, 2.24) is 0 Å². The lowest BCUT2D eigenvalue weighted by Gasteiger charge is -2.23. The zero-order valence-corrected chi connectivity index (χ0v) is 7.56. The Kier molecular flexibility index (Phi) is 1.69. The molecule has 70 valence electrons. The Morgan fingerprint density at radius 3 is 2.08 bits per heavy atom. The van der Waals surface area contributed by atoms with Gasteiger partial charge in [-0.25, -0.2) is 8.78 Å². The summed E-state index contributed by atoms with van der Waals surface area (Å²) in [7, 11) is 0. The predicted molar refractivity (Wildman–Crippen MR) is 48.0 cm³/mol. The van der Waals surface area contributed by atoms with Gasteiger partial charge in [0, 0.05) is 6.92 Å². The number of alkyl halides is 2. The Morgan fingerprint density at radius 1 is 1.15 bits per heavy atom. The summed E-state index contributed by atoms with van der Waals surface area (Å²) >= 11 is 0. The summed E-state index contributed by atoms with van der Waals surface area (Å²) in [6.07, 6.45) is 1.22. The lowest BCUT2D eigenvalue weighted by molar-refractivity contribution is -0.0199. The SMILES string of the molecule is CC(F)(F)C1(c2ccccc2)CC1. The average Bonchev–Trinajstić information content (AvgIpc) is 2.84. The average molecular weight is 182 g/mol. The molecule has 0 amide bonds. The molecular weight excluding hydrogens is 170 g/mol. The Bertz CT molecular complexity index is 294. The highest BCUT2D eigenvalue weighted by atomic mass is 19.3. The van der Waals surface area contributed by atoms with Gasteiger partial charge in [0.15, 0.2) is 0 Å². The second kappa shape index (κ2) is 2.53. The minimum absolute atomic E-state index is 0.612. The second-order valence-electron chi connectivity index (χ2n) is 3.84. The van der Waals surface area contributed by atoms with Crippen LogP contribution in [0.3, 0.4) is 0 Å². The predicted octanol–water partition coefficient (Wildman–Crippen LogP) is 3.37. The van der Waals surface area contributed by atoms with Crippen molar-refractivity contribution in [1.29, 1.82) is 0 Å². The van der Waals surface area contributed by atoms with Crippen molar-refractivity contribution in [2.45, 2.75) is 31.1 Å². The molecule has 1 fully saturated rings. The van der Waals surface area contributed by atoms with E-state index in [0.717, 1.165) is 12.5 Å². The van der Waals surface area contributed by atoms with Crippen molar-refractivity contribution in [3.63, 3.8) is 0 Å². The van der Waals surface area contributed by atoms with Gasteiger partial charge in [0.1, 0.15) is 0 Å². The molecule has 0 nitrogen and oxygen atoms in total. The molecule has 0 bridgehead atoms. The molecule has 0 atom stereocenters. The molecule has 1 aliphatic carbocycles. The van der Waals surface area contributed by atoms with Gasteiger partial charge in [0.2, 0.25) is 0 Å². The molecule has 13 heavy (non-hydrogen) atoms.